The summed E-state index contributed by atoms with van der Waals surface area (Å²) >= 11 is 11.5. The molecule has 0 saturated carbocycles. The molecule has 2 aromatic heterocycles. The summed E-state index contributed by atoms with van der Waals surface area (Å²) in [4.78, 5) is 5.25. The fourth-order valence-electron chi connectivity index (χ4n) is 2.77. The minimum atomic E-state index is 0.461. The molecule has 0 saturated heterocycles. The molecule has 0 atom stereocenters. The van der Waals surface area contributed by atoms with Gasteiger partial charge in [0.05, 0.1) is 5.03 Å². The van der Waals surface area contributed by atoms with Gasteiger partial charge >= 0.3 is 0 Å². The van der Waals surface area contributed by atoms with Gasteiger partial charge in [-0.1, -0.05) is 53.1 Å². The monoisotopic (exact) mass is 434 g/mol. The first-order valence-electron chi connectivity index (χ1n) is 8.17. The Hall–Kier alpha value is -1.23. The normalized spacial score (nSPS) is 11.3. The second-order valence-electron chi connectivity index (χ2n) is 6.35. The highest BCUT2D eigenvalue weighted by atomic mass is 79.9. The average Bonchev–Trinajstić information content (AvgIpc) is 2.84. The first-order chi connectivity index (χ1) is 11.9. The van der Waals surface area contributed by atoms with Crippen molar-refractivity contribution in [1.29, 1.82) is 0 Å². The second-order valence-corrected chi connectivity index (χ2v) is 8.76. The standard InChI is InChI=1S/C20H20BrClN2S/c1-13(2)19-8-14(3)24(12-15-4-6-23-7-5-15)20(19)25-18-10-16(21)9-17(22)11-18/h4-11,13H,12H2,1-3H3. The van der Waals surface area contributed by atoms with E-state index >= 15 is 0 Å². The minimum absolute atomic E-state index is 0.461. The van der Waals surface area contributed by atoms with E-state index in [1.54, 1.807) is 11.8 Å². The maximum Gasteiger partial charge on any atom is 0.0836 e. The molecule has 0 aliphatic heterocycles. The Morgan fingerprint density at radius 3 is 2.52 bits per heavy atom. The first-order valence-corrected chi connectivity index (χ1v) is 10.2. The molecule has 3 aromatic rings. The molecule has 0 spiro atoms. The van der Waals surface area contributed by atoms with E-state index in [0.717, 1.165) is 20.9 Å². The maximum atomic E-state index is 6.24. The van der Waals surface area contributed by atoms with Gasteiger partial charge in [0.15, 0.2) is 0 Å². The zero-order valence-corrected chi connectivity index (χ0v) is 17.6. The van der Waals surface area contributed by atoms with Gasteiger partial charge in [-0.3, -0.25) is 4.98 Å². The predicted octanol–water partition coefficient (Wildman–Crippen LogP) is 6.93. The van der Waals surface area contributed by atoms with Crippen LogP contribution in [0.15, 0.2) is 63.2 Å². The zero-order valence-electron chi connectivity index (χ0n) is 14.5. The lowest BCUT2D eigenvalue weighted by Gasteiger charge is -2.15. The summed E-state index contributed by atoms with van der Waals surface area (Å²) in [6, 6.07) is 12.5. The number of rotatable bonds is 5. The summed E-state index contributed by atoms with van der Waals surface area (Å²) in [5.41, 5.74) is 3.88. The zero-order chi connectivity index (χ0) is 18.0. The SMILES string of the molecule is Cc1cc(C(C)C)c(Sc2cc(Cl)cc(Br)c2)n1Cc1ccncc1. The van der Waals surface area contributed by atoms with Crippen LogP contribution in [0.25, 0.3) is 0 Å². The lowest BCUT2D eigenvalue weighted by Crippen LogP contribution is -2.04. The summed E-state index contributed by atoms with van der Waals surface area (Å²) in [6.07, 6.45) is 3.69. The van der Waals surface area contributed by atoms with E-state index in [9.17, 15) is 0 Å². The van der Waals surface area contributed by atoms with E-state index in [4.69, 9.17) is 11.6 Å². The molecule has 130 valence electrons. The van der Waals surface area contributed by atoms with E-state index in [1.165, 1.54) is 21.8 Å². The molecule has 25 heavy (non-hydrogen) atoms. The third kappa shape index (κ3) is 4.49. The third-order valence-electron chi connectivity index (χ3n) is 4.04. The molecule has 0 aliphatic carbocycles. The molecule has 5 heteroatoms. The van der Waals surface area contributed by atoms with Gasteiger partial charge in [-0.05, 0) is 60.4 Å². The van der Waals surface area contributed by atoms with Gasteiger partial charge in [0.25, 0.3) is 0 Å². The van der Waals surface area contributed by atoms with Crippen molar-refractivity contribution < 1.29 is 0 Å². The summed E-state index contributed by atoms with van der Waals surface area (Å²) in [6.45, 7) is 7.49. The van der Waals surface area contributed by atoms with Crippen LogP contribution in [0.5, 0.6) is 0 Å². The number of halogens is 2. The van der Waals surface area contributed by atoms with Crippen LogP contribution in [-0.4, -0.2) is 9.55 Å². The van der Waals surface area contributed by atoms with Crippen LogP contribution in [0.3, 0.4) is 0 Å². The van der Waals surface area contributed by atoms with Crippen LogP contribution >= 0.6 is 39.3 Å². The Kier molecular flexibility index (Phi) is 5.92. The number of aromatic nitrogens is 2. The largest absolute Gasteiger partial charge is 0.335 e. The van der Waals surface area contributed by atoms with Crippen LogP contribution in [0.4, 0.5) is 0 Å². The van der Waals surface area contributed by atoms with Crippen molar-refractivity contribution in [2.24, 2.45) is 0 Å². The van der Waals surface area contributed by atoms with Gasteiger partial charge in [-0.2, -0.15) is 0 Å². The molecule has 1 aromatic carbocycles. The predicted molar refractivity (Wildman–Crippen MR) is 110 cm³/mol. The molecule has 0 N–H and O–H groups in total. The number of aryl methyl sites for hydroxylation is 1. The first kappa shape index (κ1) is 18.6. The smallest absolute Gasteiger partial charge is 0.0836 e. The lowest BCUT2D eigenvalue weighted by atomic mass is 10.1. The fraction of sp³-hybridized carbons (Fsp3) is 0.250. The highest BCUT2D eigenvalue weighted by Crippen LogP contribution is 2.38. The molecule has 0 unspecified atom stereocenters. The quantitative estimate of drug-likeness (QED) is 0.432. The molecule has 0 aliphatic rings. The van der Waals surface area contributed by atoms with Crippen molar-refractivity contribution in [3.8, 4) is 0 Å². The summed E-state index contributed by atoms with van der Waals surface area (Å²) in [7, 11) is 0. The van der Waals surface area contributed by atoms with E-state index in [-0.39, 0.29) is 0 Å². The Labute approximate surface area is 166 Å². The fourth-order valence-corrected chi connectivity index (χ4v) is 5.18. The van der Waals surface area contributed by atoms with Crippen molar-refractivity contribution >= 4 is 39.3 Å². The van der Waals surface area contributed by atoms with Gasteiger partial charge in [-0.15, -0.1) is 0 Å². The highest BCUT2D eigenvalue weighted by Gasteiger charge is 2.17. The van der Waals surface area contributed by atoms with Crippen molar-refractivity contribution in [1.82, 2.24) is 9.55 Å². The molecular weight excluding hydrogens is 416 g/mol. The average molecular weight is 436 g/mol. The van der Waals surface area contributed by atoms with Gasteiger partial charge in [0, 0.05) is 39.0 Å². The maximum absolute atomic E-state index is 6.24. The van der Waals surface area contributed by atoms with Crippen LogP contribution in [0.1, 0.15) is 36.6 Å². The van der Waals surface area contributed by atoms with Gasteiger partial charge in [0.2, 0.25) is 0 Å². The van der Waals surface area contributed by atoms with E-state index < -0.39 is 0 Å². The molecule has 0 radical (unpaired) electrons. The third-order valence-corrected chi connectivity index (χ3v) is 5.84. The number of nitrogens with zero attached hydrogens (tertiary/aromatic N) is 2. The van der Waals surface area contributed by atoms with Gasteiger partial charge in [0.1, 0.15) is 0 Å². The van der Waals surface area contributed by atoms with Crippen LogP contribution in [-0.2, 0) is 6.54 Å². The van der Waals surface area contributed by atoms with Crippen molar-refractivity contribution in [2.45, 2.75) is 43.2 Å². The Balaban J connectivity index is 2.03. The van der Waals surface area contributed by atoms with Crippen molar-refractivity contribution in [3.05, 3.63) is 75.1 Å². The van der Waals surface area contributed by atoms with Crippen LogP contribution < -0.4 is 0 Å². The number of pyridine rings is 1. The van der Waals surface area contributed by atoms with E-state index in [0.29, 0.717) is 5.92 Å². The van der Waals surface area contributed by atoms with E-state index in [2.05, 4.69) is 70.5 Å². The minimum Gasteiger partial charge on any atom is -0.335 e. The number of hydrogen-bond donors (Lipinski definition) is 0. The van der Waals surface area contributed by atoms with E-state index in [1.807, 2.05) is 24.5 Å². The van der Waals surface area contributed by atoms with Crippen molar-refractivity contribution in [3.63, 3.8) is 0 Å². The Bertz CT molecular complexity index is 855. The van der Waals surface area contributed by atoms with Crippen LogP contribution in [0, 0.1) is 6.92 Å². The molecule has 0 fully saturated rings. The summed E-state index contributed by atoms with van der Waals surface area (Å²) in [5.74, 6) is 0.461. The molecule has 0 bridgehead atoms. The lowest BCUT2D eigenvalue weighted by molar-refractivity contribution is 0.689. The number of hydrogen-bond acceptors (Lipinski definition) is 2. The molecular formula is C20H20BrClN2S. The van der Waals surface area contributed by atoms with Gasteiger partial charge in [-0.25, -0.2) is 0 Å². The Morgan fingerprint density at radius 2 is 1.88 bits per heavy atom. The van der Waals surface area contributed by atoms with Gasteiger partial charge < -0.3 is 4.57 Å². The number of benzene rings is 1. The molecule has 2 nitrogen and oxygen atoms in total. The van der Waals surface area contributed by atoms with Crippen molar-refractivity contribution in [2.75, 3.05) is 0 Å². The molecule has 0 amide bonds. The molecule has 2 heterocycles. The topological polar surface area (TPSA) is 17.8 Å². The Morgan fingerprint density at radius 1 is 1.16 bits per heavy atom. The summed E-state index contributed by atoms with van der Waals surface area (Å²) < 4.78 is 3.38. The van der Waals surface area contributed by atoms with Crippen LogP contribution in [0.2, 0.25) is 5.02 Å². The highest BCUT2D eigenvalue weighted by molar-refractivity contribution is 9.10. The summed E-state index contributed by atoms with van der Waals surface area (Å²) in [5, 5.41) is 2.02. The molecule has 3 rings (SSSR count). The second kappa shape index (κ2) is 7.98.